The van der Waals surface area contributed by atoms with Gasteiger partial charge < -0.3 is 10.2 Å². The highest BCUT2D eigenvalue weighted by Crippen LogP contribution is 2.07. The topological polar surface area (TPSA) is 15.3 Å². The Morgan fingerprint density at radius 2 is 2.00 bits per heavy atom. The first-order chi connectivity index (χ1) is 8.22. The predicted octanol–water partition coefficient (Wildman–Crippen LogP) is 2.82. The maximum absolute atomic E-state index is 3.19. The third-order valence-electron chi connectivity index (χ3n) is 3.00. The quantitative estimate of drug-likeness (QED) is 0.696. The molecule has 17 heavy (non-hydrogen) atoms. The van der Waals surface area contributed by atoms with Gasteiger partial charge in [-0.25, -0.2) is 0 Å². The van der Waals surface area contributed by atoms with Gasteiger partial charge in [-0.1, -0.05) is 36.2 Å². The minimum Gasteiger partial charge on any atom is -0.320 e. The highest BCUT2D eigenvalue weighted by atomic mass is 15.1. The molecule has 0 aromatic heterocycles. The molecule has 0 bridgehead atoms. The lowest BCUT2D eigenvalue weighted by Gasteiger charge is -2.16. The Morgan fingerprint density at radius 1 is 1.18 bits per heavy atom. The lowest BCUT2D eigenvalue weighted by molar-refractivity contribution is 0.317. The van der Waals surface area contributed by atoms with Gasteiger partial charge >= 0.3 is 0 Å². The van der Waals surface area contributed by atoms with E-state index in [1.165, 1.54) is 36.9 Å². The molecule has 0 fully saturated rings. The maximum Gasteiger partial charge on any atom is 0.0230 e. The first-order valence-electron chi connectivity index (χ1n) is 6.61. The second kappa shape index (κ2) is 8.26. The van der Waals surface area contributed by atoms with Crippen molar-refractivity contribution in [1.29, 1.82) is 0 Å². The molecule has 0 aliphatic rings. The van der Waals surface area contributed by atoms with Gasteiger partial charge in [0.15, 0.2) is 0 Å². The predicted molar refractivity (Wildman–Crippen MR) is 75.3 cm³/mol. The van der Waals surface area contributed by atoms with Crippen LogP contribution in [-0.2, 0) is 6.54 Å². The van der Waals surface area contributed by atoms with E-state index in [1.54, 1.807) is 0 Å². The molecule has 1 rings (SSSR count). The van der Waals surface area contributed by atoms with Crippen LogP contribution < -0.4 is 5.32 Å². The van der Waals surface area contributed by atoms with Crippen LogP contribution in [0.3, 0.4) is 0 Å². The largest absolute Gasteiger partial charge is 0.320 e. The van der Waals surface area contributed by atoms with Gasteiger partial charge in [0.25, 0.3) is 0 Å². The third kappa shape index (κ3) is 6.44. The summed E-state index contributed by atoms with van der Waals surface area (Å²) in [6.45, 7) is 5.55. The minimum atomic E-state index is 1.06. The first-order valence-corrected chi connectivity index (χ1v) is 6.61. The fraction of sp³-hybridized carbons (Fsp3) is 0.600. The zero-order valence-corrected chi connectivity index (χ0v) is 11.5. The van der Waals surface area contributed by atoms with Gasteiger partial charge in [0.05, 0.1) is 0 Å². The van der Waals surface area contributed by atoms with Crippen LogP contribution in [0.4, 0.5) is 0 Å². The Bertz CT molecular complexity index is 310. The van der Waals surface area contributed by atoms with Gasteiger partial charge in [-0.3, -0.25) is 0 Å². The maximum atomic E-state index is 3.19. The monoisotopic (exact) mass is 234 g/mol. The van der Waals surface area contributed by atoms with Crippen molar-refractivity contribution in [2.75, 3.05) is 27.2 Å². The number of hydrogen-bond acceptors (Lipinski definition) is 2. The van der Waals surface area contributed by atoms with Crippen LogP contribution in [0.2, 0.25) is 0 Å². The van der Waals surface area contributed by atoms with Gasteiger partial charge in [0, 0.05) is 6.54 Å². The summed E-state index contributed by atoms with van der Waals surface area (Å²) in [6, 6.07) is 8.79. The van der Waals surface area contributed by atoms with Crippen molar-refractivity contribution >= 4 is 0 Å². The minimum absolute atomic E-state index is 1.06. The van der Waals surface area contributed by atoms with E-state index in [0.717, 1.165) is 13.1 Å². The number of aryl methyl sites for hydroxylation is 1. The second-order valence-electron chi connectivity index (χ2n) is 4.89. The Labute approximate surface area is 106 Å². The molecule has 96 valence electrons. The summed E-state index contributed by atoms with van der Waals surface area (Å²) in [5.74, 6) is 0. The molecule has 0 atom stereocenters. The van der Waals surface area contributed by atoms with E-state index in [4.69, 9.17) is 0 Å². The summed E-state index contributed by atoms with van der Waals surface area (Å²) in [5.41, 5.74) is 2.77. The molecule has 0 spiro atoms. The summed E-state index contributed by atoms with van der Waals surface area (Å²) in [4.78, 5) is 2.41. The SMILES string of the molecule is CNCCCCCN(C)Cc1cccc(C)c1. The van der Waals surface area contributed by atoms with Crippen LogP contribution in [0.5, 0.6) is 0 Å². The number of unbranched alkanes of at least 4 members (excludes halogenated alkanes) is 2. The smallest absolute Gasteiger partial charge is 0.0230 e. The number of hydrogen-bond donors (Lipinski definition) is 1. The summed E-state index contributed by atoms with van der Waals surface area (Å²) in [5, 5.41) is 3.19. The van der Waals surface area contributed by atoms with Gasteiger partial charge in [0.2, 0.25) is 0 Å². The number of nitrogens with one attached hydrogen (secondary N) is 1. The summed E-state index contributed by atoms with van der Waals surface area (Å²) < 4.78 is 0. The third-order valence-corrected chi connectivity index (χ3v) is 3.00. The summed E-state index contributed by atoms with van der Waals surface area (Å²) >= 11 is 0. The Hall–Kier alpha value is -0.860. The molecule has 2 heteroatoms. The summed E-state index contributed by atoms with van der Waals surface area (Å²) in [6.07, 6.45) is 3.90. The number of rotatable bonds is 8. The Morgan fingerprint density at radius 3 is 2.71 bits per heavy atom. The van der Waals surface area contributed by atoms with E-state index >= 15 is 0 Å². The Balaban J connectivity index is 2.18. The first kappa shape index (κ1) is 14.2. The molecule has 1 N–H and O–H groups in total. The molecule has 0 saturated carbocycles. The van der Waals surface area contributed by atoms with Crippen LogP contribution in [0.15, 0.2) is 24.3 Å². The van der Waals surface area contributed by atoms with Crippen molar-refractivity contribution in [3.63, 3.8) is 0 Å². The van der Waals surface area contributed by atoms with Crippen molar-refractivity contribution in [3.05, 3.63) is 35.4 Å². The van der Waals surface area contributed by atoms with Gasteiger partial charge in [-0.2, -0.15) is 0 Å². The van der Waals surface area contributed by atoms with Crippen LogP contribution in [0.25, 0.3) is 0 Å². The van der Waals surface area contributed by atoms with Crippen LogP contribution in [0, 0.1) is 6.92 Å². The van der Waals surface area contributed by atoms with E-state index < -0.39 is 0 Å². The lowest BCUT2D eigenvalue weighted by atomic mass is 10.1. The van der Waals surface area contributed by atoms with Crippen LogP contribution >= 0.6 is 0 Å². The zero-order chi connectivity index (χ0) is 12.5. The van der Waals surface area contributed by atoms with Crippen molar-refractivity contribution in [3.8, 4) is 0 Å². The fourth-order valence-electron chi connectivity index (χ4n) is 2.06. The second-order valence-corrected chi connectivity index (χ2v) is 4.89. The average molecular weight is 234 g/mol. The molecule has 0 aliphatic carbocycles. The normalized spacial score (nSPS) is 11.1. The Kier molecular flexibility index (Phi) is 6.90. The van der Waals surface area contributed by atoms with Crippen molar-refractivity contribution in [2.45, 2.75) is 32.7 Å². The molecule has 1 aromatic rings. The molecule has 0 heterocycles. The highest BCUT2D eigenvalue weighted by molar-refractivity contribution is 5.21. The van der Waals surface area contributed by atoms with Crippen molar-refractivity contribution < 1.29 is 0 Å². The number of nitrogens with zero attached hydrogens (tertiary/aromatic N) is 1. The molecular formula is C15H26N2. The standard InChI is InChI=1S/C15H26N2/c1-14-8-7-9-15(12-14)13-17(3)11-6-4-5-10-16-2/h7-9,12,16H,4-6,10-11,13H2,1-3H3. The van der Waals surface area contributed by atoms with E-state index in [9.17, 15) is 0 Å². The molecular weight excluding hydrogens is 208 g/mol. The van der Waals surface area contributed by atoms with Crippen LogP contribution in [0.1, 0.15) is 30.4 Å². The van der Waals surface area contributed by atoms with E-state index in [1.807, 2.05) is 7.05 Å². The lowest BCUT2D eigenvalue weighted by Crippen LogP contribution is -2.19. The molecule has 1 aromatic carbocycles. The molecule has 0 unspecified atom stereocenters. The van der Waals surface area contributed by atoms with Gasteiger partial charge in [-0.15, -0.1) is 0 Å². The van der Waals surface area contributed by atoms with Crippen LogP contribution in [-0.4, -0.2) is 32.1 Å². The fourth-order valence-corrected chi connectivity index (χ4v) is 2.06. The molecule has 2 nitrogen and oxygen atoms in total. The zero-order valence-electron chi connectivity index (χ0n) is 11.5. The number of benzene rings is 1. The van der Waals surface area contributed by atoms with E-state index in [-0.39, 0.29) is 0 Å². The van der Waals surface area contributed by atoms with Crippen molar-refractivity contribution in [1.82, 2.24) is 10.2 Å². The highest BCUT2D eigenvalue weighted by Gasteiger charge is 2.00. The summed E-state index contributed by atoms with van der Waals surface area (Å²) in [7, 11) is 4.23. The molecule has 0 amide bonds. The molecule has 0 aliphatic heterocycles. The van der Waals surface area contributed by atoms with E-state index in [2.05, 4.69) is 48.5 Å². The molecule has 0 saturated heterocycles. The average Bonchev–Trinajstić information content (AvgIpc) is 2.29. The molecule has 0 radical (unpaired) electrons. The van der Waals surface area contributed by atoms with Crippen molar-refractivity contribution in [2.24, 2.45) is 0 Å². The van der Waals surface area contributed by atoms with Gasteiger partial charge in [0.1, 0.15) is 0 Å². The van der Waals surface area contributed by atoms with Gasteiger partial charge in [-0.05, 0) is 52.5 Å². The van der Waals surface area contributed by atoms with E-state index in [0.29, 0.717) is 0 Å².